The molecule has 1 nitrogen and oxygen atoms in total. The Morgan fingerprint density at radius 3 is 2.04 bits per heavy atom. The average molecular weight is 698 g/mol. The molecule has 12 rings (SSSR count). The molecule has 2 heterocycles. The van der Waals surface area contributed by atoms with Gasteiger partial charge in [-0.1, -0.05) is 118 Å². The normalized spacial score (nSPS) is 16.4. The van der Waals surface area contributed by atoms with Crippen molar-refractivity contribution >= 4 is 53.3 Å². The highest BCUT2D eigenvalue weighted by atomic mass is 32.1. The smallest absolute Gasteiger partial charge is 0.0541 e. The van der Waals surface area contributed by atoms with Crippen molar-refractivity contribution in [2.45, 2.75) is 56.8 Å². The molecule has 1 fully saturated rings. The van der Waals surface area contributed by atoms with Crippen molar-refractivity contribution in [3.63, 3.8) is 0 Å². The zero-order chi connectivity index (χ0) is 35.1. The first-order valence-electron chi connectivity index (χ1n) is 19.4. The molecule has 0 aliphatic heterocycles. The van der Waals surface area contributed by atoms with Gasteiger partial charge in [-0.15, -0.1) is 11.3 Å². The van der Waals surface area contributed by atoms with Gasteiger partial charge in [-0.3, -0.25) is 0 Å². The van der Waals surface area contributed by atoms with Gasteiger partial charge < -0.3 is 4.57 Å². The second-order valence-corrected chi connectivity index (χ2v) is 17.5. The number of fused-ring (bicyclic) bond motifs is 14. The minimum Gasteiger partial charge on any atom is -0.309 e. The van der Waals surface area contributed by atoms with Crippen LogP contribution in [0.15, 0.2) is 140 Å². The van der Waals surface area contributed by atoms with E-state index in [0.29, 0.717) is 0 Å². The Morgan fingerprint density at radius 2 is 1.13 bits per heavy atom. The SMILES string of the molecule is CC1(C)c2ccc(-c3ccc4c(c3)c3ccccc3n4-c3ccc4c(c3)sc3ccccc34)cc2-c2cc3c(cc21)-c1ccccc1C31CCCCC1. The summed E-state index contributed by atoms with van der Waals surface area (Å²) < 4.78 is 5.13. The molecule has 0 radical (unpaired) electrons. The summed E-state index contributed by atoms with van der Waals surface area (Å²) in [5.41, 5.74) is 18.2. The summed E-state index contributed by atoms with van der Waals surface area (Å²) in [5, 5.41) is 5.27. The predicted molar refractivity (Wildman–Crippen MR) is 226 cm³/mol. The molecule has 0 unspecified atom stereocenters. The van der Waals surface area contributed by atoms with Gasteiger partial charge in [0.15, 0.2) is 0 Å². The lowest BCUT2D eigenvalue weighted by molar-refractivity contribution is 0.353. The number of aromatic nitrogens is 1. The van der Waals surface area contributed by atoms with Crippen molar-refractivity contribution in [2.24, 2.45) is 0 Å². The largest absolute Gasteiger partial charge is 0.309 e. The van der Waals surface area contributed by atoms with Gasteiger partial charge in [0.2, 0.25) is 0 Å². The number of para-hydroxylation sites is 1. The summed E-state index contributed by atoms with van der Waals surface area (Å²) in [7, 11) is 0. The number of hydrogen-bond donors (Lipinski definition) is 0. The van der Waals surface area contributed by atoms with Gasteiger partial charge in [0.05, 0.1) is 11.0 Å². The second kappa shape index (κ2) is 10.6. The molecule has 3 aliphatic rings. The van der Waals surface area contributed by atoms with Gasteiger partial charge in [-0.2, -0.15) is 0 Å². The van der Waals surface area contributed by atoms with Crippen molar-refractivity contribution in [1.29, 1.82) is 0 Å². The molecule has 1 saturated carbocycles. The molecule has 0 N–H and O–H groups in total. The van der Waals surface area contributed by atoms with Gasteiger partial charge >= 0.3 is 0 Å². The van der Waals surface area contributed by atoms with Crippen LogP contribution in [-0.4, -0.2) is 4.57 Å². The molecule has 0 bridgehead atoms. The fraction of sp³-hybridized carbons (Fsp3) is 0.176. The molecule has 2 heteroatoms. The maximum atomic E-state index is 2.64. The first kappa shape index (κ1) is 30.1. The van der Waals surface area contributed by atoms with Crippen LogP contribution in [0.5, 0.6) is 0 Å². The highest BCUT2D eigenvalue weighted by molar-refractivity contribution is 7.25. The molecule has 0 saturated heterocycles. The van der Waals surface area contributed by atoms with Crippen LogP contribution in [0.25, 0.3) is 81.0 Å². The van der Waals surface area contributed by atoms with E-state index in [1.165, 1.54) is 124 Å². The Labute approximate surface area is 314 Å². The summed E-state index contributed by atoms with van der Waals surface area (Å²) in [6.07, 6.45) is 6.51. The highest BCUT2D eigenvalue weighted by Crippen LogP contribution is 2.60. The van der Waals surface area contributed by atoms with Crippen molar-refractivity contribution in [2.75, 3.05) is 0 Å². The van der Waals surface area contributed by atoms with E-state index in [9.17, 15) is 0 Å². The number of thiophene rings is 1. The number of rotatable bonds is 2. The lowest BCUT2D eigenvalue weighted by atomic mass is 9.67. The molecule has 254 valence electrons. The van der Waals surface area contributed by atoms with Gasteiger partial charge in [-0.05, 0) is 123 Å². The van der Waals surface area contributed by atoms with Crippen molar-refractivity contribution in [1.82, 2.24) is 4.57 Å². The van der Waals surface area contributed by atoms with E-state index >= 15 is 0 Å². The van der Waals surface area contributed by atoms with E-state index in [2.05, 4.69) is 158 Å². The minimum atomic E-state index is -0.0532. The quantitative estimate of drug-likeness (QED) is 0.169. The lowest BCUT2D eigenvalue weighted by Crippen LogP contribution is -2.28. The molecule has 2 aromatic heterocycles. The summed E-state index contributed by atoms with van der Waals surface area (Å²) in [6.45, 7) is 4.86. The van der Waals surface area contributed by atoms with Crippen LogP contribution >= 0.6 is 11.3 Å². The summed E-state index contributed by atoms with van der Waals surface area (Å²) in [5.74, 6) is 0. The van der Waals surface area contributed by atoms with E-state index in [1.54, 1.807) is 11.1 Å². The topological polar surface area (TPSA) is 4.93 Å². The monoisotopic (exact) mass is 697 g/mol. The van der Waals surface area contributed by atoms with E-state index in [0.717, 1.165) is 0 Å². The van der Waals surface area contributed by atoms with Gasteiger partial charge in [0, 0.05) is 47.5 Å². The average Bonchev–Trinajstić information content (AvgIpc) is 3.88. The lowest BCUT2D eigenvalue weighted by Gasteiger charge is -2.36. The van der Waals surface area contributed by atoms with Crippen molar-refractivity contribution in [3.8, 4) is 39.1 Å². The molecule has 9 aromatic rings. The van der Waals surface area contributed by atoms with Crippen molar-refractivity contribution < 1.29 is 0 Å². The van der Waals surface area contributed by atoms with Crippen LogP contribution in [0.4, 0.5) is 0 Å². The number of benzene rings is 7. The third kappa shape index (κ3) is 3.97. The van der Waals surface area contributed by atoms with E-state index in [4.69, 9.17) is 0 Å². The molecule has 7 aromatic carbocycles. The Morgan fingerprint density at radius 1 is 0.453 bits per heavy atom. The summed E-state index contributed by atoms with van der Waals surface area (Å²) in [6, 6.07) is 53.6. The highest BCUT2D eigenvalue weighted by Gasteiger charge is 2.46. The van der Waals surface area contributed by atoms with E-state index in [-0.39, 0.29) is 10.8 Å². The maximum Gasteiger partial charge on any atom is 0.0541 e. The zero-order valence-electron chi connectivity index (χ0n) is 30.2. The Kier molecular flexibility index (Phi) is 6.00. The molecular formula is C51H39NS. The zero-order valence-corrected chi connectivity index (χ0v) is 31.0. The van der Waals surface area contributed by atoms with Gasteiger partial charge in [0.1, 0.15) is 0 Å². The Bertz CT molecular complexity index is 3020. The third-order valence-electron chi connectivity index (χ3n) is 13.4. The first-order valence-corrected chi connectivity index (χ1v) is 20.2. The van der Waals surface area contributed by atoms with Gasteiger partial charge in [0.25, 0.3) is 0 Å². The third-order valence-corrected chi connectivity index (χ3v) is 14.5. The molecule has 3 aliphatic carbocycles. The van der Waals surface area contributed by atoms with Crippen LogP contribution in [0.1, 0.15) is 68.2 Å². The fourth-order valence-electron chi connectivity index (χ4n) is 10.9. The maximum absolute atomic E-state index is 2.64. The molecule has 0 atom stereocenters. The van der Waals surface area contributed by atoms with E-state index < -0.39 is 0 Å². The molecular weight excluding hydrogens is 659 g/mol. The first-order chi connectivity index (χ1) is 26.0. The molecule has 0 amide bonds. The Balaban J connectivity index is 1.01. The van der Waals surface area contributed by atoms with Crippen LogP contribution in [-0.2, 0) is 10.8 Å². The summed E-state index contributed by atoms with van der Waals surface area (Å²) in [4.78, 5) is 0. The van der Waals surface area contributed by atoms with E-state index in [1.807, 2.05) is 11.3 Å². The number of nitrogens with zero attached hydrogens (tertiary/aromatic N) is 1. The van der Waals surface area contributed by atoms with Crippen LogP contribution < -0.4 is 0 Å². The van der Waals surface area contributed by atoms with Crippen LogP contribution in [0, 0.1) is 0 Å². The second-order valence-electron chi connectivity index (χ2n) is 16.4. The number of hydrogen-bond acceptors (Lipinski definition) is 1. The van der Waals surface area contributed by atoms with Crippen LogP contribution in [0.3, 0.4) is 0 Å². The fourth-order valence-corrected chi connectivity index (χ4v) is 12.0. The Hall–Kier alpha value is -5.44. The van der Waals surface area contributed by atoms with Crippen LogP contribution in [0.2, 0.25) is 0 Å². The minimum absolute atomic E-state index is 0.0532. The van der Waals surface area contributed by atoms with Gasteiger partial charge in [-0.25, -0.2) is 0 Å². The summed E-state index contributed by atoms with van der Waals surface area (Å²) >= 11 is 1.88. The van der Waals surface area contributed by atoms with Crippen molar-refractivity contribution in [3.05, 3.63) is 162 Å². The predicted octanol–water partition coefficient (Wildman–Crippen LogP) is 14.4. The standard InChI is InChI=1S/C51H39NS/c1-50(2)42-22-18-31(26-38(42)40-30-45-39(29-44(40)50)34-12-4-7-15-43(34)51(45)24-10-3-11-25-51)32-19-23-47-41(27-32)35-13-5-8-16-46(35)52(47)33-20-21-37-36-14-6-9-17-48(36)53-49(37)28-33/h4-9,12-23,26-30H,3,10-11,24-25H2,1-2H3. The molecule has 1 spiro atoms. The molecule has 53 heavy (non-hydrogen) atoms.